The number of imidazole rings is 1. The van der Waals surface area contributed by atoms with Gasteiger partial charge in [0.1, 0.15) is 11.9 Å². The van der Waals surface area contributed by atoms with Crippen molar-refractivity contribution in [1.29, 1.82) is 0 Å². The summed E-state index contributed by atoms with van der Waals surface area (Å²) in [7, 11) is 3.47. The van der Waals surface area contributed by atoms with E-state index >= 15 is 0 Å². The second-order valence-corrected chi connectivity index (χ2v) is 2.70. The molecule has 12 heavy (non-hydrogen) atoms. The van der Waals surface area contributed by atoms with Crippen molar-refractivity contribution in [2.75, 3.05) is 5.73 Å². The Labute approximate surface area is 70.0 Å². The van der Waals surface area contributed by atoms with Crippen molar-refractivity contribution < 1.29 is 14.5 Å². The molecule has 0 atom stereocenters. The molecule has 0 aliphatic heterocycles. The first-order valence-electron chi connectivity index (χ1n) is 3.52. The zero-order chi connectivity index (χ0) is 9.30. The van der Waals surface area contributed by atoms with Crippen LogP contribution in [0, 0.1) is 0 Å². The average Bonchev–Trinajstić information content (AvgIpc) is 2.17. The van der Waals surface area contributed by atoms with E-state index in [1.807, 2.05) is 0 Å². The summed E-state index contributed by atoms with van der Waals surface area (Å²) in [4.78, 5) is 10.3. The van der Waals surface area contributed by atoms with Crippen LogP contribution < -0.4 is 15.4 Å². The molecule has 0 radical (unpaired) electrons. The largest absolute Gasteiger partial charge is 0.550 e. The van der Waals surface area contributed by atoms with Gasteiger partial charge in [0.15, 0.2) is 0 Å². The quantitative estimate of drug-likeness (QED) is 0.507. The lowest BCUT2D eigenvalue weighted by molar-refractivity contribution is -0.656. The van der Waals surface area contributed by atoms with Crippen LogP contribution in [0.3, 0.4) is 0 Å². The minimum Gasteiger partial charge on any atom is -0.550 e. The van der Waals surface area contributed by atoms with Gasteiger partial charge in [0.2, 0.25) is 0 Å². The second-order valence-electron chi connectivity index (χ2n) is 2.70. The number of anilines is 1. The van der Waals surface area contributed by atoms with Crippen molar-refractivity contribution >= 4 is 11.9 Å². The molecular weight excluding hydrogens is 158 g/mol. The Hall–Kier alpha value is -1.52. The number of nitrogens with zero attached hydrogens (tertiary/aromatic N) is 2. The lowest BCUT2D eigenvalue weighted by Gasteiger charge is -1.98. The third-order valence-electron chi connectivity index (χ3n) is 1.80. The van der Waals surface area contributed by atoms with Gasteiger partial charge in [-0.3, -0.25) is 5.73 Å². The van der Waals surface area contributed by atoms with E-state index in [0.29, 0.717) is 11.6 Å². The molecule has 1 aromatic rings. The molecule has 1 aromatic heterocycles. The Morgan fingerprint density at radius 3 is 2.75 bits per heavy atom. The maximum Gasteiger partial charge on any atom is 0.354 e. The topological polar surface area (TPSA) is 75.0 Å². The minimum atomic E-state index is -1.10. The van der Waals surface area contributed by atoms with Crippen molar-refractivity contribution in [2.24, 2.45) is 14.1 Å². The first kappa shape index (κ1) is 8.58. The Morgan fingerprint density at radius 2 is 2.42 bits per heavy atom. The van der Waals surface area contributed by atoms with Crippen molar-refractivity contribution in [3.05, 3.63) is 11.9 Å². The molecule has 0 bridgehead atoms. The average molecular weight is 169 g/mol. The highest BCUT2D eigenvalue weighted by atomic mass is 16.4. The molecule has 0 aromatic carbocycles. The maximum atomic E-state index is 10.3. The van der Waals surface area contributed by atoms with Gasteiger partial charge in [-0.25, -0.2) is 9.13 Å². The highest BCUT2D eigenvalue weighted by Crippen LogP contribution is 2.01. The highest BCUT2D eigenvalue weighted by Gasteiger charge is 2.12. The normalized spacial score (nSPS) is 10.2. The summed E-state index contributed by atoms with van der Waals surface area (Å²) in [6.07, 6.45) is 1.56. The predicted octanol–water partition coefficient (Wildman–Crippen LogP) is -2.28. The predicted molar refractivity (Wildman–Crippen MR) is 39.7 cm³/mol. The second kappa shape index (κ2) is 2.84. The summed E-state index contributed by atoms with van der Waals surface area (Å²) < 4.78 is 3.29. The summed E-state index contributed by atoms with van der Waals surface area (Å²) in [5.41, 5.74) is 6.23. The van der Waals surface area contributed by atoms with E-state index in [-0.39, 0.29) is 6.42 Å². The summed E-state index contributed by atoms with van der Waals surface area (Å²) in [5.74, 6) is -0.581. The minimum absolute atomic E-state index is 0.110. The van der Waals surface area contributed by atoms with Crippen molar-refractivity contribution in [3.63, 3.8) is 0 Å². The molecule has 0 amide bonds. The molecule has 0 fully saturated rings. The van der Waals surface area contributed by atoms with Gasteiger partial charge in [-0.1, -0.05) is 0 Å². The number of carbonyl (C=O) groups excluding carboxylic acids is 1. The smallest absolute Gasteiger partial charge is 0.354 e. The molecule has 5 nitrogen and oxygen atoms in total. The van der Waals surface area contributed by atoms with Crippen LogP contribution in [0.1, 0.15) is 5.69 Å². The van der Waals surface area contributed by atoms with Gasteiger partial charge in [0, 0.05) is 12.4 Å². The number of hydrogen-bond donors (Lipinski definition) is 1. The Balaban J connectivity index is 3.01. The number of aromatic nitrogens is 2. The van der Waals surface area contributed by atoms with Crippen LogP contribution in [-0.4, -0.2) is 10.5 Å². The number of carboxylic acids is 1. The van der Waals surface area contributed by atoms with E-state index in [2.05, 4.69) is 0 Å². The fourth-order valence-corrected chi connectivity index (χ4v) is 1.07. The number of rotatable bonds is 2. The van der Waals surface area contributed by atoms with Gasteiger partial charge in [-0.05, 0) is 0 Å². The van der Waals surface area contributed by atoms with Crippen LogP contribution >= 0.6 is 0 Å². The van der Waals surface area contributed by atoms with E-state index < -0.39 is 5.97 Å². The molecule has 0 unspecified atom stereocenters. The van der Waals surface area contributed by atoms with Crippen LogP contribution in [0.4, 0.5) is 5.95 Å². The van der Waals surface area contributed by atoms with Crippen molar-refractivity contribution in [2.45, 2.75) is 6.42 Å². The Kier molecular flexibility index (Phi) is 2.03. The van der Waals surface area contributed by atoms with Crippen LogP contribution in [0.2, 0.25) is 0 Å². The number of nitrogen functional groups attached to an aromatic ring is 1. The molecule has 0 saturated heterocycles. The fraction of sp³-hybridized carbons (Fsp3) is 0.429. The molecule has 1 heterocycles. The van der Waals surface area contributed by atoms with Gasteiger partial charge in [0.25, 0.3) is 0 Å². The Bertz CT molecular complexity index is 317. The first-order chi connectivity index (χ1) is 5.52. The zero-order valence-corrected chi connectivity index (χ0v) is 7.07. The van der Waals surface area contributed by atoms with Gasteiger partial charge >= 0.3 is 5.95 Å². The van der Waals surface area contributed by atoms with Crippen molar-refractivity contribution in [3.8, 4) is 0 Å². The van der Waals surface area contributed by atoms with Crippen LogP contribution in [0.15, 0.2) is 6.20 Å². The molecule has 0 aliphatic rings. The molecule has 66 valence electrons. The molecule has 0 spiro atoms. The van der Waals surface area contributed by atoms with E-state index in [1.54, 1.807) is 29.4 Å². The van der Waals surface area contributed by atoms with E-state index in [1.165, 1.54) is 0 Å². The summed E-state index contributed by atoms with van der Waals surface area (Å²) in [6.45, 7) is 0. The summed E-state index contributed by atoms with van der Waals surface area (Å²) in [6, 6.07) is 0. The van der Waals surface area contributed by atoms with Crippen LogP contribution in [0.25, 0.3) is 0 Å². The Morgan fingerprint density at radius 1 is 1.83 bits per heavy atom. The molecular formula is C7H11N3O2. The SMILES string of the molecule is Cn1c(CC(=O)[O-])c[n+](C)c1N. The lowest BCUT2D eigenvalue weighted by Crippen LogP contribution is -2.29. The fourth-order valence-electron chi connectivity index (χ4n) is 1.07. The number of nitrogens with two attached hydrogens (primary N) is 1. The lowest BCUT2D eigenvalue weighted by atomic mass is 10.3. The molecule has 0 saturated carbocycles. The first-order valence-corrected chi connectivity index (χ1v) is 3.52. The molecule has 5 heteroatoms. The van der Waals surface area contributed by atoms with Crippen LogP contribution in [-0.2, 0) is 25.3 Å². The van der Waals surface area contributed by atoms with Gasteiger partial charge < -0.3 is 9.90 Å². The number of carbonyl (C=O) groups is 1. The van der Waals surface area contributed by atoms with E-state index in [9.17, 15) is 9.90 Å². The maximum absolute atomic E-state index is 10.3. The van der Waals surface area contributed by atoms with Gasteiger partial charge in [0.05, 0.1) is 14.1 Å². The van der Waals surface area contributed by atoms with Crippen molar-refractivity contribution in [1.82, 2.24) is 4.57 Å². The van der Waals surface area contributed by atoms with E-state index in [4.69, 9.17) is 5.73 Å². The van der Waals surface area contributed by atoms with Gasteiger partial charge in [-0.15, -0.1) is 0 Å². The standard InChI is InChI=1S/C7H11N3O2/c1-9-4-5(3-6(11)12)10(2)7(9)8/h4,8H,3H2,1-2H3,(H,11,12). The molecule has 0 aliphatic carbocycles. The number of carboxylic acid groups (broad SMARTS) is 1. The third-order valence-corrected chi connectivity index (χ3v) is 1.80. The summed E-state index contributed by atoms with van der Waals surface area (Å²) >= 11 is 0. The summed E-state index contributed by atoms with van der Waals surface area (Å²) in [5, 5.41) is 10.3. The van der Waals surface area contributed by atoms with Gasteiger partial charge in [-0.2, -0.15) is 0 Å². The third kappa shape index (κ3) is 1.39. The number of aryl methyl sites for hydroxylation is 1. The number of aliphatic carboxylic acids is 1. The highest BCUT2D eigenvalue weighted by molar-refractivity contribution is 5.67. The van der Waals surface area contributed by atoms with Crippen LogP contribution in [0.5, 0.6) is 0 Å². The molecule has 1 rings (SSSR count). The molecule has 2 N–H and O–H groups in total. The van der Waals surface area contributed by atoms with E-state index in [0.717, 1.165) is 0 Å². The number of hydrogen-bond acceptors (Lipinski definition) is 3. The monoisotopic (exact) mass is 169 g/mol. The zero-order valence-electron chi connectivity index (χ0n) is 7.07.